The van der Waals surface area contributed by atoms with Gasteiger partial charge in [-0.1, -0.05) is 43.2 Å². The van der Waals surface area contributed by atoms with E-state index in [1.54, 1.807) is 32.0 Å². The van der Waals surface area contributed by atoms with Crippen LogP contribution in [0.5, 0.6) is 0 Å². The summed E-state index contributed by atoms with van der Waals surface area (Å²) in [5, 5.41) is 13.4. The van der Waals surface area contributed by atoms with Gasteiger partial charge in [0.2, 0.25) is 5.91 Å². The van der Waals surface area contributed by atoms with Crippen LogP contribution in [-0.4, -0.2) is 38.5 Å². The number of benzene rings is 1. The maximum Gasteiger partial charge on any atom is 0.321 e. The summed E-state index contributed by atoms with van der Waals surface area (Å²) in [5.41, 5.74) is 0.400. The zero-order valence-corrected chi connectivity index (χ0v) is 17.5. The summed E-state index contributed by atoms with van der Waals surface area (Å²) in [5.74, 6) is -0.282. The second-order valence-corrected chi connectivity index (χ2v) is 8.36. The van der Waals surface area contributed by atoms with E-state index in [2.05, 4.69) is 20.8 Å². The number of urea groups is 1. The van der Waals surface area contributed by atoms with Crippen molar-refractivity contribution < 1.29 is 14.0 Å². The Balaban J connectivity index is 1.87. The van der Waals surface area contributed by atoms with E-state index in [-0.39, 0.29) is 11.9 Å². The number of thioether (sulfide) groups is 1. The average molecular weight is 420 g/mol. The molecule has 9 heteroatoms. The summed E-state index contributed by atoms with van der Waals surface area (Å²) >= 11 is 1.23. The number of aromatic nitrogens is 3. The van der Waals surface area contributed by atoms with Crippen molar-refractivity contribution in [1.82, 2.24) is 25.4 Å². The lowest BCUT2D eigenvalue weighted by Gasteiger charge is -2.26. The van der Waals surface area contributed by atoms with E-state index in [0.717, 1.165) is 25.7 Å². The Labute approximate surface area is 173 Å². The molecule has 0 radical (unpaired) electrons. The third kappa shape index (κ3) is 5.14. The Morgan fingerprint density at radius 2 is 1.97 bits per heavy atom. The highest BCUT2D eigenvalue weighted by Gasteiger charge is 2.27. The topological polar surface area (TPSA) is 88.9 Å². The molecular formula is C20H26FN5O2S. The van der Waals surface area contributed by atoms with Crippen molar-refractivity contribution in [2.75, 3.05) is 6.54 Å². The van der Waals surface area contributed by atoms with Crippen LogP contribution < -0.4 is 10.6 Å². The second kappa shape index (κ2) is 9.87. The average Bonchev–Trinajstić information content (AvgIpc) is 3.12. The highest BCUT2D eigenvalue weighted by atomic mass is 32.2. The molecule has 156 valence electrons. The third-order valence-corrected chi connectivity index (χ3v) is 6.00. The van der Waals surface area contributed by atoms with Gasteiger partial charge in [0.25, 0.3) is 0 Å². The number of carbonyl (C=O) groups excluding carboxylic acids is 2. The van der Waals surface area contributed by atoms with Crippen molar-refractivity contribution in [2.45, 2.75) is 62.4 Å². The molecule has 1 aromatic carbocycles. The van der Waals surface area contributed by atoms with Gasteiger partial charge in [-0.15, -0.1) is 10.2 Å². The molecule has 1 unspecified atom stereocenters. The van der Waals surface area contributed by atoms with Crippen molar-refractivity contribution in [1.29, 1.82) is 0 Å². The number of imide groups is 1. The predicted molar refractivity (Wildman–Crippen MR) is 110 cm³/mol. The molecular weight excluding hydrogens is 393 g/mol. The minimum absolute atomic E-state index is 0.162. The summed E-state index contributed by atoms with van der Waals surface area (Å²) < 4.78 is 16.4. The zero-order chi connectivity index (χ0) is 20.8. The summed E-state index contributed by atoms with van der Waals surface area (Å²) in [6.07, 6.45) is 5.30. The maximum atomic E-state index is 14.4. The minimum Gasteiger partial charge on any atom is -0.338 e. The fourth-order valence-corrected chi connectivity index (χ4v) is 4.40. The summed E-state index contributed by atoms with van der Waals surface area (Å²) in [7, 11) is 0. The normalized spacial score (nSPS) is 15.7. The van der Waals surface area contributed by atoms with Crippen LogP contribution in [0.2, 0.25) is 0 Å². The number of hydrogen-bond donors (Lipinski definition) is 2. The molecule has 3 amide bonds. The molecule has 1 fully saturated rings. The first-order valence-electron chi connectivity index (χ1n) is 9.96. The molecule has 3 rings (SSSR count). The van der Waals surface area contributed by atoms with Gasteiger partial charge in [0.05, 0.1) is 10.8 Å². The summed E-state index contributed by atoms with van der Waals surface area (Å²) in [6, 6.07) is 6.15. The Hall–Kier alpha value is -2.42. The Kier molecular flexibility index (Phi) is 7.24. The zero-order valence-electron chi connectivity index (χ0n) is 16.7. The van der Waals surface area contributed by atoms with Gasteiger partial charge in [-0.3, -0.25) is 14.7 Å². The van der Waals surface area contributed by atoms with Crippen LogP contribution in [0.15, 0.2) is 29.4 Å². The molecule has 1 saturated carbocycles. The molecule has 0 bridgehead atoms. The summed E-state index contributed by atoms with van der Waals surface area (Å²) in [4.78, 5) is 24.0. The number of nitrogens with one attached hydrogen (secondary N) is 2. The highest BCUT2D eigenvalue weighted by Crippen LogP contribution is 2.37. The Morgan fingerprint density at radius 1 is 1.24 bits per heavy atom. The van der Waals surface area contributed by atoms with Crippen molar-refractivity contribution in [3.05, 3.63) is 30.1 Å². The van der Waals surface area contributed by atoms with Crippen molar-refractivity contribution in [2.24, 2.45) is 0 Å². The number of carbonyl (C=O) groups is 2. The van der Waals surface area contributed by atoms with Gasteiger partial charge in [-0.05, 0) is 38.8 Å². The predicted octanol–water partition coefficient (Wildman–Crippen LogP) is 3.92. The smallest absolute Gasteiger partial charge is 0.321 e. The molecule has 1 aromatic heterocycles. The van der Waals surface area contributed by atoms with Gasteiger partial charge in [-0.2, -0.15) is 0 Å². The molecule has 2 aromatic rings. The number of hydrogen-bond acceptors (Lipinski definition) is 5. The fourth-order valence-electron chi connectivity index (χ4n) is 3.48. The summed E-state index contributed by atoms with van der Waals surface area (Å²) in [6.45, 7) is 3.92. The van der Waals surface area contributed by atoms with E-state index in [1.807, 2.05) is 4.57 Å². The number of rotatable bonds is 6. The molecule has 1 aliphatic rings. The molecule has 29 heavy (non-hydrogen) atoms. The first kappa shape index (κ1) is 21.3. The van der Waals surface area contributed by atoms with Gasteiger partial charge >= 0.3 is 6.03 Å². The molecule has 0 spiro atoms. The monoisotopic (exact) mass is 419 g/mol. The first-order valence-corrected chi connectivity index (χ1v) is 10.8. The van der Waals surface area contributed by atoms with Crippen molar-refractivity contribution in [3.63, 3.8) is 0 Å². The van der Waals surface area contributed by atoms with Crippen LogP contribution in [-0.2, 0) is 4.79 Å². The van der Waals surface area contributed by atoms with Gasteiger partial charge in [-0.25, -0.2) is 9.18 Å². The molecule has 1 atom stereocenters. The highest BCUT2D eigenvalue weighted by molar-refractivity contribution is 8.00. The number of amides is 3. The molecule has 0 aliphatic heterocycles. The van der Waals surface area contributed by atoms with Gasteiger partial charge in [0.1, 0.15) is 5.82 Å². The van der Waals surface area contributed by atoms with Crippen molar-refractivity contribution in [3.8, 4) is 11.4 Å². The van der Waals surface area contributed by atoms with Crippen LogP contribution in [0.3, 0.4) is 0 Å². The van der Waals surface area contributed by atoms with E-state index >= 15 is 0 Å². The van der Waals surface area contributed by atoms with Crippen LogP contribution >= 0.6 is 11.8 Å². The van der Waals surface area contributed by atoms with Crippen LogP contribution in [0.4, 0.5) is 9.18 Å². The maximum absolute atomic E-state index is 14.4. The lowest BCUT2D eigenvalue weighted by atomic mass is 9.95. The third-order valence-electron chi connectivity index (χ3n) is 4.94. The van der Waals surface area contributed by atoms with E-state index in [9.17, 15) is 14.0 Å². The molecule has 1 heterocycles. The lowest BCUT2D eigenvalue weighted by Crippen LogP contribution is -2.42. The largest absolute Gasteiger partial charge is 0.338 e. The fraction of sp³-hybridized carbons (Fsp3) is 0.500. The molecule has 0 saturated heterocycles. The minimum atomic E-state index is -0.558. The van der Waals surface area contributed by atoms with E-state index in [0.29, 0.717) is 23.1 Å². The quantitative estimate of drug-likeness (QED) is 0.693. The standard InChI is InChI=1S/C20H26FN5O2S/c1-3-22-19(28)23-18(27)13(2)29-20-25-24-17(15-11-7-8-12-16(15)21)26(20)14-9-5-4-6-10-14/h7-8,11-14H,3-6,9-10H2,1-2H3,(H2,22,23,27,28). The number of halogens is 1. The van der Waals surface area contributed by atoms with Gasteiger partial charge < -0.3 is 5.32 Å². The Morgan fingerprint density at radius 3 is 2.66 bits per heavy atom. The molecule has 2 N–H and O–H groups in total. The molecule has 7 nitrogen and oxygen atoms in total. The first-order chi connectivity index (χ1) is 14.0. The number of nitrogens with zero attached hydrogens (tertiary/aromatic N) is 3. The SMILES string of the molecule is CCNC(=O)NC(=O)C(C)Sc1nnc(-c2ccccc2F)n1C1CCCCC1. The lowest BCUT2D eigenvalue weighted by molar-refractivity contribution is -0.119. The van der Waals surface area contributed by atoms with Crippen molar-refractivity contribution >= 4 is 23.7 Å². The Bertz CT molecular complexity index is 866. The van der Waals surface area contributed by atoms with E-state index in [4.69, 9.17) is 0 Å². The van der Waals surface area contributed by atoms with Crippen LogP contribution in [0.1, 0.15) is 52.0 Å². The van der Waals surface area contributed by atoms with Gasteiger partial charge in [0, 0.05) is 12.6 Å². The van der Waals surface area contributed by atoms with Crippen LogP contribution in [0.25, 0.3) is 11.4 Å². The van der Waals surface area contributed by atoms with Gasteiger partial charge in [0.15, 0.2) is 11.0 Å². The van der Waals surface area contributed by atoms with E-state index < -0.39 is 17.2 Å². The molecule has 1 aliphatic carbocycles. The second-order valence-electron chi connectivity index (χ2n) is 7.06. The van der Waals surface area contributed by atoms with E-state index in [1.165, 1.54) is 24.2 Å². The van der Waals surface area contributed by atoms with Crippen LogP contribution in [0, 0.1) is 5.82 Å².